The number of nitrogens with two attached hydrogens (primary N) is 1. The molecular formula is C13H16BrN. The van der Waals surface area contributed by atoms with E-state index in [9.17, 15) is 0 Å². The van der Waals surface area contributed by atoms with Crippen molar-refractivity contribution in [1.82, 2.24) is 0 Å². The monoisotopic (exact) mass is 265 g/mol. The predicted molar refractivity (Wildman–Crippen MR) is 69.8 cm³/mol. The first-order chi connectivity index (χ1) is 7.08. The Balaban J connectivity index is 2.66. The van der Waals surface area contributed by atoms with Gasteiger partial charge in [-0.15, -0.1) is 0 Å². The van der Waals surface area contributed by atoms with Gasteiger partial charge in [0.05, 0.1) is 0 Å². The van der Waals surface area contributed by atoms with Gasteiger partial charge in [-0.05, 0) is 30.0 Å². The highest BCUT2D eigenvalue weighted by molar-refractivity contribution is 9.11. The normalized spacial score (nSPS) is 13.0. The maximum atomic E-state index is 5.89. The van der Waals surface area contributed by atoms with E-state index in [-0.39, 0.29) is 0 Å². The minimum absolute atomic E-state index is 0.803. The average molecular weight is 266 g/mol. The van der Waals surface area contributed by atoms with Gasteiger partial charge in [0.15, 0.2) is 0 Å². The topological polar surface area (TPSA) is 26.0 Å². The van der Waals surface area contributed by atoms with Crippen molar-refractivity contribution in [2.24, 2.45) is 5.73 Å². The highest BCUT2D eigenvalue weighted by Gasteiger charge is 1.94. The SMILES string of the molecule is C/C(Br)=C\C=C(/N)Cc1ccc(C)cc1. The Labute approximate surface area is 99.8 Å². The summed E-state index contributed by atoms with van der Waals surface area (Å²) in [5.41, 5.74) is 9.28. The number of rotatable bonds is 3. The number of hydrogen-bond acceptors (Lipinski definition) is 1. The second-order valence-electron chi connectivity index (χ2n) is 3.66. The molecule has 0 aliphatic carbocycles. The van der Waals surface area contributed by atoms with Gasteiger partial charge in [0.25, 0.3) is 0 Å². The van der Waals surface area contributed by atoms with Crippen molar-refractivity contribution in [3.63, 3.8) is 0 Å². The molecule has 2 N–H and O–H groups in total. The fourth-order valence-electron chi connectivity index (χ4n) is 1.22. The maximum absolute atomic E-state index is 5.89. The molecule has 1 aromatic rings. The van der Waals surface area contributed by atoms with Crippen LogP contribution in [0.5, 0.6) is 0 Å². The highest BCUT2D eigenvalue weighted by Crippen LogP contribution is 2.08. The van der Waals surface area contributed by atoms with E-state index in [1.54, 1.807) is 0 Å². The van der Waals surface area contributed by atoms with Crippen LogP contribution in [-0.2, 0) is 6.42 Å². The summed E-state index contributed by atoms with van der Waals surface area (Å²) in [4.78, 5) is 0. The van der Waals surface area contributed by atoms with Crippen molar-refractivity contribution < 1.29 is 0 Å². The first kappa shape index (κ1) is 12.1. The van der Waals surface area contributed by atoms with Gasteiger partial charge in [0.2, 0.25) is 0 Å². The van der Waals surface area contributed by atoms with Crippen molar-refractivity contribution in [2.75, 3.05) is 0 Å². The molecule has 0 atom stereocenters. The first-order valence-electron chi connectivity index (χ1n) is 4.92. The van der Waals surface area contributed by atoms with E-state index < -0.39 is 0 Å². The van der Waals surface area contributed by atoms with Crippen LogP contribution in [0.4, 0.5) is 0 Å². The minimum Gasteiger partial charge on any atom is -0.402 e. The van der Waals surface area contributed by atoms with Crippen LogP contribution in [0.2, 0.25) is 0 Å². The third-order valence-corrected chi connectivity index (χ3v) is 2.32. The molecule has 0 aromatic heterocycles. The van der Waals surface area contributed by atoms with Crippen molar-refractivity contribution in [2.45, 2.75) is 20.3 Å². The Kier molecular flexibility index (Phi) is 4.63. The van der Waals surface area contributed by atoms with E-state index >= 15 is 0 Å². The van der Waals surface area contributed by atoms with Crippen LogP contribution in [0.25, 0.3) is 0 Å². The Morgan fingerprint density at radius 3 is 2.40 bits per heavy atom. The zero-order valence-electron chi connectivity index (χ0n) is 9.13. The lowest BCUT2D eigenvalue weighted by molar-refractivity contribution is 1.11. The highest BCUT2D eigenvalue weighted by atomic mass is 79.9. The summed E-state index contributed by atoms with van der Waals surface area (Å²) in [5, 5.41) is 0. The van der Waals surface area contributed by atoms with Gasteiger partial charge in [0.1, 0.15) is 0 Å². The quantitative estimate of drug-likeness (QED) is 0.830. The zero-order chi connectivity index (χ0) is 11.3. The molecule has 1 rings (SSSR count). The molecule has 0 aliphatic rings. The van der Waals surface area contributed by atoms with Crippen LogP contribution >= 0.6 is 15.9 Å². The van der Waals surface area contributed by atoms with Gasteiger partial charge >= 0.3 is 0 Å². The minimum atomic E-state index is 0.803. The van der Waals surface area contributed by atoms with Gasteiger partial charge in [0, 0.05) is 12.1 Å². The van der Waals surface area contributed by atoms with Gasteiger partial charge in [-0.3, -0.25) is 0 Å². The Morgan fingerprint density at radius 2 is 1.87 bits per heavy atom. The fourth-order valence-corrected chi connectivity index (χ4v) is 1.35. The lowest BCUT2D eigenvalue weighted by Gasteiger charge is -2.01. The molecule has 0 amide bonds. The van der Waals surface area contributed by atoms with Crippen LogP contribution < -0.4 is 5.73 Å². The largest absolute Gasteiger partial charge is 0.402 e. The van der Waals surface area contributed by atoms with E-state index in [1.807, 2.05) is 19.1 Å². The third-order valence-electron chi connectivity index (χ3n) is 2.06. The molecule has 0 unspecified atom stereocenters. The molecule has 0 spiro atoms. The second kappa shape index (κ2) is 5.76. The smallest absolute Gasteiger partial charge is 0.0125 e. The Bertz CT molecular complexity index is 370. The van der Waals surface area contributed by atoms with Crippen molar-refractivity contribution >= 4 is 15.9 Å². The number of halogens is 1. The summed E-state index contributed by atoms with van der Waals surface area (Å²) in [6, 6.07) is 8.43. The molecular weight excluding hydrogens is 250 g/mol. The van der Waals surface area contributed by atoms with Crippen LogP contribution in [0.3, 0.4) is 0 Å². The van der Waals surface area contributed by atoms with Gasteiger partial charge < -0.3 is 5.73 Å². The van der Waals surface area contributed by atoms with E-state index in [0.29, 0.717) is 0 Å². The maximum Gasteiger partial charge on any atom is 0.0125 e. The second-order valence-corrected chi connectivity index (χ2v) is 4.91. The molecule has 2 heteroatoms. The first-order valence-corrected chi connectivity index (χ1v) is 5.71. The van der Waals surface area contributed by atoms with Gasteiger partial charge in [-0.1, -0.05) is 51.8 Å². The fraction of sp³-hybridized carbons (Fsp3) is 0.231. The standard InChI is InChI=1S/C13H16BrN/c1-10-3-6-12(7-4-10)9-13(15)8-5-11(2)14/h3-8H,9,15H2,1-2H3/b11-5+,13-8-. The van der Waals surface area contributed by atoms with E-state index in [1.165, 1.54) is 11.1 Å². The van der Waals surface area contributed by atoms with Crippen LogP contribution in [0.15, 0.2) is 46.6 Å². The predicted octanol–water partition coefficient (Wildman–Crippen LogP) is 3.68. The molecule has 0 fully saturated rings. The zero-order valence-corrected chi connectivity index (χ0v) is 10.7. The summed E-state index contributed by atoms with van der Waals surface area (Å²) in [7, 11) is 0. The van der Waals surface area contributed by atoms with E-state index in [2.05, 4.69) is 47.1 Å². The molecule has 80 valence electrons. The van der Waals surface area contributed by atoms with Crippen LogP contribution in [0, 0.1) is 6.92 Å². The van der Waals surface area contributed by atoms with Gasteiger partial charge in [-0.25, -0.2) is 0 Å². The summed E-state index contributed by atoms with van der Waals surface area (Å²) in [6.45, 7) is 4.07. The van der Waals surface area contributed by atoms with Crippen molar-refractivity contribution in [3.8, 4) is 0 Å². The Morgan fingerprint density at radius 1 is 1.27 bits per heavy atom. The Hall–Kier alpha value is -1.02. The molecule has 1 nitrogen and oxygen atoms in total. The molecule has 15 heavy (non-hydrogen) atoms. The lowest BCUT2D eigenvalue weighted by Crippen LogP contribution is -2.00. The molecule has 0 aliphatic heterocycles. The van der Waals surface area contributed by atoms with Crippen LogP contribution in [-0.4, -0.2) is 0 Å². The number of benzene rings is 1. The molecule has 0 saturated heterocycles. The van der Waals surface area contributed by atoms with E-state index in [4.69, 9.17) is 5.73 Å². The summed E-state index contributed by atoms with van der Waals surface area (Å²) >= 11 is 3.36. The molecule has 0 saturated carbocycles. The third kappa shape index (κ3) is 4.84. The summed E-state index contributed by atoms with van der Waals surface area (Å²) in [6.07, 6.45) is 4.70. The van der Waals surface area contributed by atoms with Crippen molar-refractivity contribution in [3.05, 3.63) is 57.7 Å². The molecule has 0 heterocycles. The van der Waals surface area contributed by atoms with Crippen LogP contribution in [0.1, 0.15) is 18.1 Å². The lowest BCUT2D eigenvalue weighted by atomic mass is 10.1. The van der Waals surface area contributed by atoms with E-state index in [0.717, 1.165) is 16.6 Å². The number of hydrogen-bond donors (Lipinski definition) is 1. The van der Waals surface area contributed by atoms with Gasteiger partial charge in [-0.2, -0.15) is 0 Å². The molecule has 1 aromatic carbocycles. The number of allylic oxidation sites excluding steroid dienone is 4. The van der Waals surface area contributed by atoms with Crippen molar-refractivity contribution in [1.29, 1.82) is 0 Å². The summed E-state index contributed by atoms with van der Waals surface area (Å²) < 4.78 is 1.08. The average Bonchev–Trinajstić information content (AvgIpc) is 2.19. The molecule has 0 radical (unpaired) electrons. The summed E-state index contributed by atoms with van der Waals surface area (Å²) in [5.74, 6) is 0. The molecule has 0 bridgehead atoms. The number of aryl methyl sites for hydroxylation is 1.